The zero-order valence-electron chi connectivity index (χ0n) is 11.4. The molecule has 0 saturated heterocycles. The van der Waals surface area contributed by atoms with Crippen molar-refractivity contribution in [2.24, 2.45) is 17.8 Å². The fraction of sp³-hybridized carbons (Fsp3) is 0.933. The lowest BCUT2D eigenvalue weighted by Gasteiger charge is -2.31. The zero-order chi connectivity index (χ0) is 12.3. The molecule has 0 aromatic rings. The number of hydrogen-bond donors (Lipinski definition) is 1. The van der Waals surface area contributed by atoms with Gasteiger partial charge in [-0.15, -0.1) is 0 Å². The Hall–Kier alpha value is -0.530. The van der Waals surface area contributed by atoms with Crippen molar-refractivity contribution in [2.45, 2.75) is 71.3 Å². The van der Waals surface area contributed by atoms with E-state index in [1.807, 2.05) is 0 Å². The number of nitrogens with one attached hydrogen (secondary N) is 1. The molecular formula is C15H27NO. The normalized spacial score (nSPS) is 38.7. The second-order valence-corrected chi connectivity index (χ2v) is 6.32. The summed E-state index contributed by atoms with van der Waals surface area (Å²) in [7, 11) is 0. The average molecular weight is 237 g/mol. The van der Waals surface area contributed by atoms with E-state index in [1.54, 1.807) is 0 Å². The van der Waals surface area contributed by atoms with Crippen LogP contribution in [0.5, 0.6) is 0 Å². The van der Waals surface area contributed by atoms with E-state index < -0.39 is 0 Å². The number of ether oxygens (including phenoxy) is 1. The molecule has 0 unspecified atom stereocenters. The Morgan fingerprint density at radius 2 is 1.29 bits per heavy atom. The first kappa shape index (κ1) is 12.9. The van der Waals surface area contributed by atoms with Gasteiger partial charge in [0, 0.05) is 5.92 Å². The summed E-state index contributed by atoms with van der Waals surface area (Å²) >= 11 is 0. The molecule has 0 radical (unpaired) electrons. The van der Waals surface area contributed by atoms with Crippen molar-refractivity contribution < 1.29 is 4.74 Å². The van der Waals surface area contributed by atoms with Crippen LogP contribution in [0.1, 0.15) is 65.2 Å². The van der Waals surface area contributed by atoms with Crippen LogP contribution >= 0.6 is 0 Å². The van der Waals surface area contributed by atoms with E-state index in [-0.39, 0.29) is 0 Å². The molecule has 2 nitrogen and oxygen atoms in total. The third-order valence-corrected chi connectivity index (χ3v) is 4.64. The molecule has 2 fully saturated rings. The van der Waals surface area contributed by atoms with Crippen molar-refractivity contribution in [3.05, 3.63) is 0 Å². The molecule has 0 atom stereocenters. The highest BCUT2D eigenvalue weighted by Crippen LogP contribution is 2.31. The fourth-order valence-corrected chi connectivity index (χ4v) is 3.15. The minimum Gasteiger partial charge on any atom is -0.478 e. The summed E-state index contributed by atoms with van der Waals surface area (Å²) in [6.07, 6.45) is 10.1. The van der Waals surface area contributed by atoms with E-state index in [9.17, 15) is 0 Å². The van der Waals surface area contributed by atoms with E-state index in [2.05, 4.69) is 13.8 Å². The Bertz CT molecular complexity index is 248. The molecule has 0 bridgehead atoms. The molecule has 1 N–H and O–H groups in total. The summed E-state index contributed by atoms with van der Waals surface area (Å²) in [6, 6.07) is 0. The third-order valence-electron chi connectivity index (χ3n) is 4.64. The summed E-state index contributed by atoms with van der Waals surface area (Å²) in [5, 5.41) is 8.11. The maximum Gasteiger partial charge on any atom is 0.183 e. The van der Waals surface area contributed by atoms with Crippen LogP contribution in [0.3, 0.4) is 0 Å². The fourth-order valence-electron chi connectivity index (χ4n) is 3.15. The predicted molar refractivity (Wildman–Crippen MR) is 71.4 cm³/mol. The monoisotopic (exact) mass is 237 g/mol. The van der Waals surface area contributed by atoms with Crippen molar-refractivity contribution in [1.29, 1.82) is 5.41 Å². The van der Waals surface area contributed by atoms with Gasteiger partial charge in [-0.05, 0) is 63.2 Å². The second-order valence-electron chi connectivity index (χ2n) is 6.32. The van der Waals surface area contributed by atoms with E-state index in [0.717, 1.165) is 24.7 Å². The van der Waals surface area contributed by atoms with E-state index in [1.165, 1.54) is 38.5 Å². The van der Waals surface area contributed by atoms with Gasteiger partial charge in [0.05, 0.1) is 0 Å². The lowest BCUT2D eigenvalue weighted by molar-refractivity contribution is 0.109. The smallest absolute Gasteiger partial charge is 0.183 e. The van der Waals surface area contributed by atoms with E-state index >= 15 is 0 Å². The summed E-state index contributed by atoms with van der Waals surface area (Å²) in [5.74, 6) is 2.73. The summed E-state index contributed by atoms with van der Waals surface area (Å²) < 4.78 is 5.90. The molecule has 2 heteroatoms. The SMILES string of the molecule is CC1CCC(OC(=N)C2CCC(C)CC2)CC1. The summed E-state index contributed by atoms with van der Waals surface area (Å²) in [4.78, 5) is 0. The van der Waals surface area contributed by atoms with Crippen LogP contribution in [0, 0.1) is 23.2 Å². The molecule has 0 spiro atoms. The van der Waals surface area contributed by atoms with Gasteiger partial charge in [-0.25, -0.2) is 0 Å². The Kier molecular flexibility index (Phi) is 4.47. The maximum atomic E-state index is 8.11. The van der Waals surface area contributed by atoms with Crippen molar-refractivity contribution in [2.75, 3.05) is 0 Å². The van der Waals surface area contributed by atoms with E-state index in [4.69, 9.17) is 10.1 Å². The van der Waals surface area contributed by atoms with Crippen LogP contribution in [0.25, 0.3) is 0 Å². The van der Waals surface area contributed by atoms with Crippen LogP contribution in [0.15, 0.2) is 0 Å². The highest BCUT2D eigenvalue weighted by molar-refractivity contribution is 5.75. The van der Waals surface area contributed by atoms with Crippen LogP contribution in [-0.4, -0.2) is 12.0 Å². The molecule has 0 amide bonds. The van der Waals surface area contributed by atoms with Gasteiger partial charge in [-0.2, -0.15) is 0 Å². The van der Waals surface area contributed by atoms with Gasteiger partial charge in [-0.3, -0.25) is 5.41 Å². The molecular weight excluding hydrogens is 210 g/mol. The number of hydrogen-bond acceptors (Lipinski definition) is 2. The van der Waals surface area contributed by atoms with Crippen LogP contribution < -0.4 is 0 Å². The Morgan fingerprint density at radius 3 is 1.82 bits per heavy atom. The Morgan fingerprint density at radius 1 is 0.824 bits per heavy atom. The second kappa shape index (κ2) is 5.88. The lowest BCUT2D eigenvalue weighted by Crippen LogP contribution is -2.29. The quantitative estimate of drug-likeness (QED) is 0.561. The highest BCUT2D eigenvalue weighted by Gasteiger charge is 2.26. The van der Waals surface area contributed by atoms with Gasteiger partial charge in [0.1, 0.15) is 6.10 Å². The molecule has 17 heavy (non-hydrogen) atoms. The van der Waals surface area contributed by atoms with Crippen LogP contribution in [0.2, 0.25) is 0 Å². The van der Waals surface area contributed by atoms with Crippen LogP contribution in [0.4, 0.5) is 0 Å². The molecule has 98 valence electrons. The van der Waals surface area contributed by atoms with Crippen LogP contribution in [-0.2, 0) is 4.74 Å². The van der Waals surface area contributed by atoms with E-state index in [0.29, 0.717) is 17.9 Å². The molecule has 2 aliphatic carbocycles. The minimum atomic E-state index is 0.345. The van der Waals surface area contributed by atoms with Crippen molar-refractivity contribution in [3.63, 3.8) is 0 Å². The predicted octanol–water partition coefficient (Wildman–Crippen LogP) is 4.39. The highest BCUT2D eigenvalue weighted by atomic mass is 16.5. The number of rotatable bonds is 2. The van der Waals surface area contributed by atoms with Gasteiger partial charge in [-0.1, -0.05) is 13.8 Å². The summed E-state index contributed by atoms with van der Waals surface area (Å²) in [5.41, 5.74) is 0. The zero-order valence-corrected chi connectivity index (χ0v) is 11.4. The first-order chi connectivity index (χ1) is 8.15. The molecule has 0 aliphatic heterocycles. The minimum absolute atomic E-state index is 0.345. The van der Waals surface area contributed by atoms with Crippen molar-refractivity contribution in [1.82, 2.24) is 0 Å². The molecule has 2 aliphatic rings. The Balaban J connectivity index is 1.73. The molecule has 0 aromatic carbocycles. The van der Waals surface area contributed by atoms with Gasteiger partial charge >= 0.3 is 0 Å². The topological polar surface area (TPSA) is 33.1 Å². The van der Waals surface area contributed by atoms with Gasteiger partial charge < -0.3 is 4.74 Å². The largest absolute Gasteiger partial charge is 0.478 e. The van der Waals surface area contributed by atoms with Crippen molar-refractivity contribution in [3.8, 4) is 0 Å². The Labute approximate surface area is 106 Å². The molecule has 0 aromatic heterocycles. The maximum absolute atomic E-state index is 8.11. The molecule has 0 heterocycles. The molecule has 2 saturated carbocycles. The third kappa shape index (κ3) is 3.72. The van der Waals surface area contributed by atoms with Gasteiger partial charge in [0.15, 0.2) is 5.90 Å². The van der Waals surface area contributed by atoms with Gasteiger partial charge in [0.2, 0.25) is 0 Å². The lowest BCUT2D eigenvalue weighted by atomic mass is 9.83. The van der Waals surface area contributed by atoms with Gasteiger partial charge in [0.25, 0.3) is 0 Å². The first-order valence-electron chi connectivity index (χ1n) is 7.40. The standard InChI is InChI=1S/C15H27NO/c1-11-3-7-13(8-4-11)15(16)17-14-9-5-12(2)6-10-14/h11-14,16H,3-10H2,1-2H3. The first-order valence-corrected chi connectivity index (χ1v) is 7.40. The van der Waals surface area contributed by atoms with Crippen molar-refractivity contribution >= 4 is 5.90 Å². The molecule has 2 rings (SSSR count). The average Bonchev–Trinajstić information content (AvgIpc) is 2.33. The summed E-state index contributed by atoms with van der Waals surface area (Å²) in [6.45, 7) is 4.65.